The highest BCUT2D eigenvalue weighted by Gasteiger charge is 2.16. The maximum Gasteiger partial charge on any atom is 0.123 e. The summed E-state index contributed by atoms with van der Waals surface area (Å²) >= 11 is 0. The number of likely N-dealkylation sites (tertiary alicyclic amines) is 1. The van der Waals surface area contributed by atoms with Gasteiger partial charge in [0.25, 0.3) is 0 Å². The average Bonchev–Trinajstić information content (AvgIpc) is 2.97. The Morgan fingerprint density at radius 1 is 1.24 bits per heavy atom. The monoisotopic (exact) mass is 290 g/mol. The van der Waals surface area contributed by atoms with Crippen LogP contribution in [0.3, 0.4) is 0 Å². The lowest BCUT2D eigenvalue weighted by molar-refractivity contribution is 0.278. The zero-order valence-corrected chi connectivity index (χ0v) is 14.0. The predicted molar refractivity (Wildman–Crippen MR) is 89.0 cm³/mol. The molecule has 3 nitrogen and oxygen atoms in total. The van der Waals surface area contributed by atoms with Gasteiger partial charge in [0.1, 0.15) is 5.75 Å². The van der Waals surface area contributed by atoms with E-state index in [1.165, 1.54) is 43.6 Å². The molecule has 0 bridgehead atoms. The molecule has 1 aromatic rings. The molecule has 0 radical (unpaired) electrons. The minimum Gasteiger partial charge on any atom is -0.496 e. The fraction of sp³-hybridized carbons (Fsp3) is 0.667. The van der Waals surface area contributed by atoms with Gasteiger partial charge in [0.05, 0.1) is 7.11 Å². The molecule has 2 atom stereocenters. The van der Waals surface area contributed by atoms with Crippen LogP contribution in [-0.2, 0) is 0 Å². The third kappa shape index (κ3) is 4.72. The quantitative estimate of drug-likeness (QED) is 0.833. The molecule has 21 heavy (non-hydrogen) atoms. The Kier molecular flexibility index (Phi) is 6.07. The van der Waals surface area contributed by atoms with Gasteiger partial charge in [-0.25, -0.2) is 0 Å². The number of ether oxygens (including phenoxy) is 1. The van der Waals surface area contributed by atoms with Crippen LogP contribution in [-0.4, -0.2) is 38.2 Å². The lowest BCUT2D eigenvalue weighted by Crippen LogP contribution is -2.32. The van der Waals surface area contributed by atoms with E-state index in [0.717, 1.165) is 12.3 Å². The number of hydrogen-bond acceptors (Lipinski definition) is 3. The molecule has 1 fully saturated rings. The van der Waals surface area contributed by atoms with Crippen LogP contribution in [0.2, 0.25) is 0 Å². The smallest absolute Gasteiger partial charge is 0.123 e. The number of methoxy groups -OCH3 is 1. The molecule has 0 aliphatic carbocycles. The molecule has 3 heteroatoms. The van der Waals surface area contributed by atoms with Crippen molar-refractivity contribution in [1.29, 1.82) is 0 Å². The maximum atomic E-state index is 5.49. The highest BCUT2D eigenvalue weighted by atomic mass is 16.5. The Balaban J connectivity index is 1.85. The Morgan fingerprint density at radius 3 is 2.62 bits per heavy atom. The van der Waals surface area contributed by atoms with Crippen molar-refractivity contribution in [3.8, 4) is 5.75 Å². The zero-order chi connectivity index (χ0) is 15.2. The van der Waals surface area contributed by atoms with E-state index in [1.54, 1.807) is 7.11 Å². The molecule has 0 saturated carbocycles. The standard InChI is InChI=1S/C18H30N2O/c1-14-7-8-18(21-4)17(11-14)16(3)19-12-15(2)13-20-9-5-6-10-20/h7-8,11,15-16,19H,5-6,9-10,12-13H2,1-4H3. The summed E-state index contributed by atoms with van der Waals surface area (Å²) in [5.74, 6) is 1.66. The molecule has 1 heterocycles. The van der Waals surface area contributed by atoms with Gasteiger partial charge in [-0.1, -0.05) is 24.6 Å². The SMILES string of the molecule is COc1ccc(C)cc1C(C)NCC(C)CN1CCCC1. The van der Waals surface area contributed by atoms with Crippen LogP contribution >= 0.6 is 0 Å². The molecule has 0 aromatic heterocycles. The van der Waals surface area contributed by atoms with Crippen molar-refractivity contribution in [2.75, 3.05) is 33.3 Å². The van der Waals surface area contributed by atoms with Crippen LogP contribution < -0.4 is 10.1 Å². The first-order valence-electron chi connectivity index (χ1n) is 8.20. The van der Waals surface area contributed by atoms with E-state index in [1.807, 2.05) is 0 Å². The number of nitrogens with zero attached hydrogens (tertiary/aromatic N) is 1. The van der Waals surface area contributed by atoms with E-state index in [4.69, 9.17) is 4.74 Å². The Bertz CT molecular complexity index is 441. The van der Waals surface area contributed by atoms with Crippen LogP contribution in [0, 0.1) is 12.8 Å². The van der Waals surface area contributed by atoms with Crippen molar-refractivity contribution in [1.82, 2.24) is 10.2 Å². The molecule has 1 aliphatic rings. The van der Waals surface area contributed by atoms with Crippen molar-refractivity contribution in [2.45, 2.75) is 39.7 Å². The Labute approximate surface area is 129 Å². The second-order valence-electron chi connectivity index (χ2n) is 6.49. The number of rotatable bonds is 7. The first kappa shape index (κ1) is 16.3. The summed E-state index contributed by atoms with van der Waals surface area (Å²) in [7, 11) is 1.75. The number of benzene rings is 1. The van der Waals surface area contributed by atoms with Gasteiger partial charge in [-0.05, 0) is 58.3 Å². The van der Waals surface area contributed by atoms with Gasteiger partial charge < -0.3 is 15.0 Å². The lowest BCUT2D eigenvalue weighted by Gasteiger charge is -2.23. The summed E-state index contributed by atoms with van der Waals surface area (Å²) in [6, 6.07) is 6.71. The van der Waals surface area contributed by atoms with E-state index in [9.17, 15) is 0 Å². The van der Waals surface area contributed by atoms with Crippen LogP contribution in [0.1, 0.15) is 43.9 Å². The molecule has 1 N–H and O–H groups in total. The highest BCUT2D eigenvalue weighted by molar-refractivity contribution is 5.38. The number of nitrogens with one attached hydrogen (secondary N) is 1. The molecular formula is C18H30N2O. The topological polar surface area (TPSA) is 24.5 Å². The van der Waals surface area contributed by atoms with Gasteiger partial charge in [-0.3, -0.25) is 0 Å². The van der Waals surface area contributed by atoms with Gasteiger partial charge in [-0.2, -0.15) is 0 Å². The second kappa shape index (κ2) is 7.81. The fourth-order valence-corrected chi connectivity index (χ4v) is 3.15. The second-order valence-corrected chi connectivity index (χ2v) is 6.49. The maximum absolute atomic E-state index is 5.49. The van der Waals surface area contributed by atoms with E-state index in [-0.39, 0.29) is 0 Å². The van der Waals surface area contributed by atoms with Crippen molar-refractivity contribution in [3.63, 3.8) is 0 Å². The molecule has 118 valence electrons. The minimum atomic E-state index is 0.320. The summed E-state index contributed by atoms with van der Waals surface area (Å²) in [6.45, 7) is 11.5. The third-order valence-corrected chi connectivity index (χ3v) is 4.39. The van der Waals surface area contributed by atoms with Crippen LogP contribution in [0.25, 0.3) is 0 Å². The summed E-state index contributed by atoms with van der Waals surface area (Å²) in [5, 5.41) is 3.67. The van der Waals surface area contributed by atoms with Gasteiger partial charge in [-0.15, -0.1) is 0 Å². The zero-order valence-electron chi connectivity index (χ0n) is 14.0. The van der Waals surface area contributed by atoms with E-state index in [2.05, 4.69) is 49.2 Å². The first-order chi connectivity index (χ1) is 10.1. The van der Waals surface area contributed by atoms with Gasteiger partial charge in [0.2, 0.25) is 0 Å². The van der Waals surface area contributed by atoms with Crippen molar-refractivity contribution in [3.05, 3.63) is 29.3 Å². The normalized spacial score (nSPS) is 18.7. The lowest BCUT2D eigenvalue weighted by atomic mass is 10.0. The highest BCUT2D eigenvalue weighted by Crippen LogP contribution is 2.26. The van der Waals surface area contributed by atoms with Crippen LogP contribution in [0.4, 0.5) is 0 Å². The first-order valence-corrected chi connectivity index (χ1v) is 8.20. The van der Waals surface area contributed by atoms with Crippen molar-refractivity contribution in [2.24, 2.45) is 5.92 Å². The van der Waals surface area contributed by atoms with Crippen molar-refractivity contribution >= 4 is 0 Å². The summed E-state index contributed by atoms with van der Waals surface area (Å²) in [6.07, 6.45) is 2.74. The van der Waals surface area contributed by atoms with Gasteiger partial charge in [0.15, 0.2) is 0 Å². The summed E-state index contributed by atoms with van der Waals surface area (Å²) < 4.78 is 5.49. The molecule has 0 amide bonds. The molecule has 2 rings (SSSR count). The molecule has 1 saturated heterocycles. The van der Waals surface area contributed by atoms with Gasteiger partial charge >= 0.3 is 0 Å². The van der Waals surface area contributed by atoms with E-state index < -0.39 is 0 Å². The molecule has 1 aliphatic heterocycles. The minimum absolute atomic E-state index is 0.320. The molecular weight excluding hydrogens is 260 g/mol. The van der Waals surface area contributed by atoms with E-state index in [0.29, 0.717) is 12.0 Å². The van der Waals surface area contributed by atoms with E-state index >= 15 is 0 Å². The molecule has 1 aromatic carbocycles. The van der Waals surface area contributed by atoms with Crippen LogP contribution in [0.5, 0.6) is 5.75 Å². The third-order valence-electron chi connectivity index (χ3n) is 4.39. The Hall–Kier alpha value is -1.06. The summed E-state index contributed by atoms with van der Waals surface area (Å²) in [4.78, 5) is 2.59. The Morgan fingerprint density at radius 2 is 1.95 bits per heavy atom. The number of hydrogen-bond donors (Lipinski definition) is 1. The van der Waals surface area contributed by atoms with Crippen LogP contribution in [0.15, 0.2) is 18.2 Å². The van der Waals surface area contributed by atoms with Crippen molar-refractivity contribution < 1.29 is 4.74 Å². The van der Waals surface area contributed by atoms with Gasteiger partial charge in [0, 0.05) is 18.2 Å². The average molecular weight is 290 g/mol. The largest absolute Gasteiger partial charge is 0.496 e. The number of aryl methyl sites for hydroxylation is 1. The molecule has 0 spiro atoms. The molecule has 2 unspecified atom stereocenters. The fourth-order valence-electron chi connectivity index (χ4n) is 3.15. The summed E-state index contributed by atoms with van der Waals surface area (Å²) in [5.41, 5.74) is 2.54. The predicted octanol–water partition coefficient (Wildman–Crippen LogP) is 3.39.